The zero-order chi connectivity index (χ0) is 19.3. The first-order valence-corrected chi connectivity index (χ1v) is 9.73. The molecule has 1 aromatic heterocycles. The van der Waals surface area contributed by atoms with Crippen molar-refractivity contribution in [1.29, 1.82) is 0 Å². The van der Waals surface area contributed by atoms with Crippen molar-refractivity contribution in [2.45, 2.75) is 6.92 Å². The third-order valence-electron chi connectivity index (χ3n) is 5.13. The highest BCUT2D eigenvalue weighted by atomic mass is 16.5. The zero-order valence-electron chi connectivity index (χ0n) is 16.2. The second kappa shape index (κ2) is 8.43. The molecule has 3 heterocycles. The monoisotopic (exact) mass is 382 g/mol. The van der Waals surface area contributed by atoms with Crippen molar-refractivity contribution in [3.63, 3.8) is 0 Å². The van der Waals surface area contributed by atoms with Crippen LogP contribution in [0.3, 0.4) is 0 Å². The Morgan fingerprint density at radius 2 is 1.57 bits per heavy atom. The summed E-state index contributed by atoms with van der Waals surface area (Å²) in [5.74, 6) is 1.75. The van der Waals surface area contributed by atoms with Gasteiger partial charge in [0.2, 0.25) is 0 Å². The number of carbonyl (C=O) groups excluding carboxylic acids is 1. The second-order valence-corrected chi connectivity index (χ2v) is 7.12. The smallest absolute Gasteiger partial charge is 0.321 e. The number of anilines is 3. The van der Waals surface area contributed by atoms with Gasteiger partial charge in [-0.25, -0.2) is 4.79 Å². The van der Waals surface area contributed by atoms with Crippen molar-refractivity contribution in [3.05, 3.63) is 42.0 Å². The minimum atomic E-state index is -0.0565. The average Bonchev–Trinajstić information content (AvgIpc) is 2.75. The highest BCUT2D eigenvalue weighted by Crippen LogP contribution is 2.18. The largest absolute Gasteiger partial charge is 0.378 e. The van der Waals surface area contributed by atoms with Crippen molar-refractivity contribution in [2.24, 2.45) is 0 Å². The molecule has 148 valence electrons. The Morgan fingerprint density at radius 1 is 0.929 bits per heavy atom. The van der Waals surface area contributed by atoms with Gasteiger partial charge < -0.3 is 24.8 Å². The second-order valence-electron chi connectivity index (χ2n) is 7.12. The lowest BCUT2D eigenvalue weighted by molar-refractivity contribution is 0.122. The molecule has 0 bridgehead atoms. The van der Waals surface area contributed by atoms with Crippen molar-refractivity contribution in [3.8, 4) is 0 Å². The molecule has 1 aromatic carbocycles. The number of nitrogens with zero attached hydrogens (tertiary/aromatic N) is 5. The fourth-order valence-electron chi connectivity index (χ4n) is 3.51. The lowest BCUT2D eigenvalue weighted by Crippen LogP contribution is -2.50. The number of morpholine rings is 1. The number of amides is 2. The van der Waals surface area contributed by atoms with E-state index in [9.17, 15) is 4.79 Å². The van der Waals surface area contributed by atoms with Crippen LogP contribution in [0.5, 0.6) is 0 Å². The van der Waals surface area contributed by atoms with Gasteiger partial charge in [0.05, 0.1) is 13.2 Å². The molecule has 0 unspecified atom stereocenters. The molecule has 1 N–H and O–H groups in total. The van der Waals surface area contributed by atoms with Crippen LogP contribution in [0.2, 0.25) is 0 Å². The summed E-state index contributed by atoms with van der Waals surface area (Å²) in [6.07, 6.45) is 0. The number of aryl methyl sites for hydroxylation is 1. The van der Waals surface area contributed by atoms with E-state index in [2.05, 4.69) is 25.3 Å². The number of aromatic nitrogens is 2. The lowest BCUT2D eigenvalue weighted by Gasteiger charge is -2.35. The molecule has 4 rings (SSSR count). The number of rotatable bonds is 3. The molecular weight excluding hydrogens is 356 g/mol. The van der Waals surface area contributed by atoms with E-state index < -0.39 is 0 Å². The van der Waals surface area contributed by atoms with Gasteiger partial charge in [0.25, 0.3) is 0 Å². The van der Waals surface area contributed by atoms with Crippen molar-refractivity contribution >= 4 is 23.4 Å². The van der Waals surface area contributed by atoms with Crippen LogP contribution in [-0.4, -0.2) is 73.6 Å². The molecular formula is C20H26N6O2. The van der Waals surface area contributed by atoms with Crippen LogP contribution in [0, 0.1) is 6.92 Å². The molecule has 0 saturated carbocycles. The molecule has 2 aromatic rings. The highest BCUT2D eigenvalue weighted by Gasteiger charge is 2.22. The highest BCUT2D eigenvalue weighted by molar-refractivity contribution is 5.89. The van der Waals surface area contributed by atoms with E-state index in [-0.39, 0.29) is 6.03 Å². The molecule has 0 radical (unpaired) electrons. The number of urea groups is 1. The van der Waals surface area contributed by atoms with Gasteiger partial charge in [-0.1, -0.05) is 12.1 Å². The Labute approximate surface area is 165 Å². The van der Waals surface area contributed by atoms with Crippen molar-refractivity contribution in [1.82, 2.24) is 15.1 Å². The molecule has 0 spiro atoms. The topological polar surface area (TPSA) is 73.8 Å². The predicted octanol–water partition coefficient (Wildman–Crippen LogP) is 1.98. The number of piperazine rings is 1. The average molecular weight is 382 g/mol. The predicted molar refractivity (Wildman–Crippen MR) is 109 cm³/mol. The third-order valence-corrected chi connectivity index (χ3v) is 5.13. The first-order chi connectivity index (χ1) is 13.7. The molecule has 2 saturated heterocycles. The van der Waals surface area contributed by atoms with Crippen LogP contribution < -0.4 is 15.1 Å². The summed E-state index contributed by atoms with van der Waals surface area (Å²) >= 11 is 0. The summed E-state index contributed by atoms with van der Waals surface area (Å²) in [5.41, 5.74) is 1.96. The van der Waals surface area contributed by atoms with Crippen LogP contribution in [0.1, 0.15) is 5.56 Å². The summed E-state index contributed by atoms with van der Waals surface area (Å²) in [7, 11) is 0. The van der Waals surface area contributed by atoms with Crippen LogP contribution in [0.15, 0.2) is 36.4 Å². The van der Waals surface area contributed by atoms with Crippen molar-refractivity contribution < 1.29 is 9.53 Å². The first-order valence-electron chi connectivity index (χ1n) is 9.73. The molecule has 28 heavy (non-hydrogen) atoms. The van der Waals surface area contributed by atoms with E-state index in [1.807, 2.05) is 48.2 Å². The Morgan fingerprint density at radius 3 is 2.18 bits per heavy atom. The number of nitrogens with one attached hydrogen (secondary N) is 1. The summed E-state index contributed by atoms with van der Waals surface area (Å²) in [6.45, 7) is 7.98. The number of benzene rings is 1. The summed E-state index contributed by atoms with van der Waals surface area (Å²) in [4.78, 5) is 18.7. The molecule has 2 fully saturated rings. The van der Waals surface area contributed by atoms with Gasteiger partial charge in [0, 0.05) is 45.0 Å². The minimum Gasteiger partial charge on any atom is -0.378 e. The molecule has 2 aliphatic rings. The van der Waals surface area contributed by atoms with E-state index in [0.29, 0.717) is 13.1 Å². The summed E-state index contributed by atoms with van der Waals surface area (Å²) < 4.78 is 5.38. The maximum Gasteiger partial charge on any atom is 0.321 e. The normalized spacial score (nSPS) is 17.5. The molecule has 2 aliphatic heterocycles. The maximum absolute atomic E-state index is 12.5. The standard InChI is InChI=1S/C20H26N6O2/c1-16-3-2-4-17(15-16)21-20(27)26-9-7-24(8-10-26)18-5-6-19(23-22-18)25-11-13-28-14-12-25/h2-6,15H,7-14H2,1H3,(H,21,27). The van der Waals surface area contributed by atoms with Crippen LogP contribution in [0.25, 0.3) is 0 Å². The molecule has 8 nitrogen and oxygen atoms in total. The number of hydrogen-bond acceptors (Lipinski definition) is 6. The SMILES string of the molecule is Cc1cccc(NC(=O)N2CCN(c3ccc(N4CCOCC4)nn3)CC2)c1. The minimum absolute atomic E-state index is 0.0565. The van der Waals surface area contributed by atoms with Crippen molar-refractivity contribution in [2.75, 3.05) is 67.6 Å². The fourth-order valence-corrected chi connectivity index (χ4v) is 3.51. The third kappa shape index (κ3) is 4.33. The first kappa shape index (κ1) is 18.5. The quantitative estimate of drug-likeness (QED) is 0.875. The van der Waals surface area contributed by atoms with Gasteiger partial charge in [-0.05, 0) is 36.8 Å². The van der Waals surface area contributed by atoms with Crippen LogP contribution in [0.4, 0.5) is 22.1 Å². The van der Waals surface area contributed by atoms with Gasteiger partial charge in [-0.3, -0.25) is 0 Å². The Kier molecular flexibility index (Phi) is 5.57. The maximum atomic E-state index is 12.5. The van der Waals surface area contributed by atoms with Gasteiger partial charge >= 0.3 is 6.03 Å². The molecule has 0 atom stereocenters. The summed E-state index contributed by atoms with van der Waals surface area (Å²) in [6, 6.07) is 11.8. The number of carbonyl (C=O) groups is 1. The van der Waals surface area contributed by atoms with Gasteiger partial charge in [0.15, 0.2) is 11.6 Å². The van der Waals surface area contributed by atoms with Gasteiger partial charge in [-0.2, -0.15) is 0 Å². The Bertz CT molecular complexity index is 799. The van der Waals surface area contributed by atoms with Crippen LogP contribution >= 0.6 is 0 Å². The molecule has 8 heteroatoms. The van der Waals surface area contributed by atoms with Gasteiger partial charge in [0.1, 0.15) is 0 Å². The molecule has 0 aliphatic carbocycles. The Hall–Kier alpha value is -2.87. The summed E-state index contributed by atoms with van der Waals surface area (Å²) in [5, 5.41) is 11.8. The number of ether oxygens (including phenoxy) is 1. The van der Waals surface area contributed by atoms with E-state index in [0.717, 1.165) is 62.3 Å². The zero-order valence-corrected chi connectivity index (χ0v) is 16.2. The van der Waals surface area contributed by atoms with E-state index >= 15 is 0 Å². The van der Waals surface area contributed by atoms with E-state index in [4.69, 9.17) is 4.74 Å². The van der Waals surface area contributed by atoms with E-state index in [1.54, 1.807) is 0 Å². The molecule has 2 amide bonds. The fraction of sp³-hybridized carbons (Fsp3) is 0.450. The van der Waals surface area contributed by atoms with E-state index in [1.165, 1.54) is 0 Å². The number of hydrogen-bond donors (Lipinski definition) is 1. The van der Waals surface area contributed by atoms with Gasteiger partial charge in [-0.15, -0.1) is 10.2 Å². The lowest BCUT2D eigenvalue weighted by atomic mass is 10.2. The van der Waals surface area contributed by atoms with Crippen LogP contribution in [-0.2, 0) is 4.74 Å². The Balaban J connectivity index is 1.30.